The Balaban J connectivity index is 1.97. The number of carbonyl (C=O) groups is 1. The molecule has 0 fully saturated rings. The van der Waals surface area contributed by atoms with Gasteiger partial charge in [-0.3, -0.25) is 4.79 Å². The highest BCUT2D eigenvalue weighted by atomic mass is 16.5. The van der Waals surface area contributed by atoms with Crippen molar-refractivity contribution in [1.29, 1.82) is 0 Å². The maximum absolute atomic E-state index is 11.6. The van der Waals surface area contributed by atoms with Crippen LogP contribution in [0.1, 0.15) is 52.2 Å². The number of carbonyl (C=O) groups excluding carboxylic acids is 1. The summed E-state index contributed by atoms with van der Waals surface area (Å²) in [5.41, 5.74) is 2.24. The van der Waals surface area contributed by atoms with Crippen molar-refractivity contribution in [3.63, 3.8) is 0 Å². The van der Waals surface area contributed by atoms with Gasteiger partial charge in [0.2, 0.25) is 0 Å². The van der Waals surface area contributed by atoms with E-state index in [-0.39, 0.29) is 17.5 Å². The highest BCUT2D eigenvalue weighted by molar-refractivity contribution is 5.74. The number of hydrogen-bond acceptors (Lipinski definition) is 3. The smallest absolute Gasteiger partial charge is 0.313 e. The number of esters is 1. The molecule has 0 saturated carbocycles. The summed E-state index contributed by atoms with van der Waals surface area (Å²) < 4.78 is 11.3. The lowest BCUT2D eigenvalue weighted by atomic mass is 10.0. The Morgan fingerprint density at radius 3 is 1.84 bits per heavy atom. The summed E-state index contributed by atoms with van der Waals surface area (Å²) in [6.45, 7) is 9.96. The summed E-state index contributed by atoms with van der Waals surface area (Å²) in [4.78, 5) is 11.6. The molecule has 3 nitrogen and oxygen atoms in total. The Morgan fingerprint density at radius 2 is 1.40 bits per heavy atom. The molecule has 0 aromatic heterocycles. The van der Waals surface area contributed by atoms with Gasteiger partial charge in [-0.25, -0.2) is 0 Å². The van der Waals surface area contributed by atoms with Crippen LogP contribution in [0.15, 0.2) is 48.5 Å². The average molecular weight is 340 g/mol. The fraction of sp³-hybridized carbons (Fsp3) is 0.409. The van der Waals surface area contributed by atoms with E-state index < -0.39 is 0 Å². The van der Waals surface area contributed by atoms with Crippen molar-refractivity contribution in [2.24, 2.45) is 5.92 Å². The number of hydrogen-bond donors (Lipinski definition) is 0. The molecule has 2 rings (SSSR count). The lowest BCUT2D eigenvalue weighted by molar-refractivity contribution is -0.137. The van der Waals surface area contributed by atoms with Crippen LogP contribution in [-0.4, -0.2) is 11.6 Å². The quantitative estimate of drug-likeness (QED) is 0.499. The van der Waals surface area contributed by atoms with Gasteiger partial charge in [0, 0.05) is 0 Å². The first-order valence-corrected chi connectivity index (χ1v) is 8.87. The third kappa shape index (κ3) is 5.93. The molecule has 134 valence electrons. The highest BCUT2D eigenvalue weighted by Gasteiger charge is 2.16. The van der Waals surface area contributed by atoms with Gasteiger partial charge in [0.1, 0.15) is 17.1 Å². The first kappa shape index (κ1) is 19.0. The molecule has 2 aromatic rings. The molecule has 0 spiro atoms. The Labute approximate surface area is 151 Å². The maximum atomic E-state index is 11.6. The highest BCUT2D eigenvalue weighted by Crippen LogP contribution is 2.22. The summed E-state index contributed by atoms with van der Waals surface area (Å²) in [5, 5.41) is 0. The Hall–Kier alpha value is -2.29. The van der Waals surface area contributed by atoms with Crippen LogP contribution in [0.25, 0.3) is 0 Å². The van der Waals surface area contributed by atoms with Crippen molar-refractivity contribution in [3.8, 4) is 11.5 Å². The van der Waals surface area contributed by atoms with Gasteiger partial charge < -0.3 is 9.47 Å². The van der Waals surface area contributed by atoms with Gasteiger partial charge in [-0.05, 0) is 62.1 Å². The third-order valence-corrected chi connectivity index (χ3v) is 4.19. The maximum Gasteiger partial charge on any atom is 0.313 e. The van der Waals surface area contributed by atoms with E-state index in [0.29, 0.717) is 5.75 Å². The molecule has 0 heterocycles. The van der Waals surface area contributed by atoms with Gasteiger partial charge in [-0.1, -0.05) is 45.0 Å². The molecule has 0 saturated heterocycles. The zero-order valence-corrected chi connectivity index (χ0v) is 15.8. The Morgan fingerprint density at radius 1 is 0.920 bits per heavy atom. The lowest BCUT2D eigenvalue weighted by Crippen LogP contribution is -2.26. The minimum Gasteiger partial charge on any atom is -0.488 e. The zero-order valence-electron chi connectivity index (χ0n) is 15.8. The molecule has 3 heteroatoms. The minimum absolute atomic E-state index is 0.127. The molecule has 0 atom stereocenters. The number of rotatable bonds is 7. The van der Waals surface area contributed by atoms with Crippen molar-refractivity contribution < 1.29 is 14.3 Å². The van der Waals surface area contributed by atoms with Crippen LogP contribution in [-0.2, 0) is 11.2 Å². The minimum atomic E-state index is -0.210. The summed E-state index contributed by atoms with van der Waals surface area (Å²) >= 11 is 0. The molecule has 0 N–H and O–H groups in total. The molecule has 0 radical (unpaired) electrons. The molecule has 25 heavy (non-hydrogen) atoms. The molecule has 2 aromatic carbocycles. The zero-order chi connectivity index (χ0) is 18.4. The van der Waals surface area contributed by atoms with E-state index in [1.165, 1.54) is 11.1 Å². The van der Waals surface area contributed by atoms with Gasteiger partial charge in [0.15, 0.2) is 0 Å². The normalized spacial score (nSPS) is 11.4. The van der Waals surface area contributed by atoms with Crippen LogP contribution >= 0.6 is 0 Å². The molecule has 0 unspecified atom stereocenters. The van der Waals surface area contributed by atoms with Crippen LogP contribution in [0.3, 0.4) is 0 Å². The van der Waals surface area contributed by atoms with Crippen LogP contribution in [0.4, 0.5) is 0 Å². The molecule has 0 aliphatic heterocycles. The summed E-state index contributed by atoms with van der Waals surface area (Å²) in [6, 6.07) is 15.9. The van der Waals surface area contributed by atoms with Gasteiger partial charge >= 0.3 is 5.97 Å². The lowest BCUT2D eigenvalue weighted by Gasteiger charge is -2.24. The number of benzene rings is 2. The Bertz CT molecular complexity index is 682. The predicted octanol–water partition coefficient (Wildman–Crippen LogP) is 5.41. The van der Waals surface area contributed by atoms with Gasteiger partial charge in [0.05, 0.1) is 5.92 Å². The van der Waals surface area contributed by atoms with Gasteiger partial charge in [-0.15, -0.1) is 0 Å². The van der Waals surface area contributed by atoms with Crippen molar-refractivity contribution >= 4 is 5.97 Å². The van der Waals surface area contributed by atoms with E-state index in [1.54, 1.807) is 0 Å². The van der Waals surface area contributed by atoms with E-state index in [9.17, 15) is 4.79 Å². The molecule has 0 bridgehead atoms. The van der Waals surface area contributed by atoms with Crippen LogP contribution in [0.5, 0.6) is 11.5 Å². The monoisotopic (exact) mass is 340 g/mol. The van der Waals surface area contributed by atoms with E-state index >= 15 is 0 Å². The van der Waals surface area contributed by atoms with Crippen molar-refractivity contribution in [2.75, 3.05) is 0 Å². The van der Waals surface area contributed by atoms with Gasteiger partial charge in [-0.2, -0.15) is 0 Å². The van der Waals surface area contributed by atoms with E-state index in [4.69, 9.17) is 9.47 Å². The molecule has 0 aliphatic carbocycles. The van der Waals surface area contributed by atoms with Crippen molar-refractivity contribution in [3.05, 3.63) is 59.7 Å². The molecular weight excluding hydrogens is 312 g/mol. The third-order valence-electron chi connectivity index (χ3n) is 4.19. The largest absolute Gasteiger partial charge is 0.488 e. The topological polar surface area (TPSA) is 35.5 Å². The molecular formula is C22H28O3. The predicted molar refractivity (Wildman–Crippen MR) is 101 cm³/mol. The SMILES string of the molecule is CCC(C)(C)Oc1ccc(Cc2ccc(OC(=O)C(C)C)cc2)cc1. The first-order valence-electron chi connectivity index (χ1n) is 8.87. The van der Waals surface area contributed by atoms with Crippen molar-refractivity contribution in [2.45, 2.75) is 53.1 Å². The van der Waals surface area contributed by atoms with Crippen LogP contribution in [0, 0.1) is 5.92 Å². The standard InChI is InChI=1S/C22H28O3/c1-6-22(4,5)25-20-13-9-18(10-14-20)15-17-7-11-19(12-8-17)24-21(23)16(2)3/h7-14,16H,6,15H2,1-5H3. The Kier molecular flexibility index (Phi) is 6.24. The molecule has 0 aliphatic rings. The number of ether oxygens (including phenoxy) is 2. The van der Waals surface area contributed by atoms with E-state index in [2.05, 4.69) is 32.9 Å². The second-order valence-electron chi connectivity index (χ2n) is 7.26. The fourth-order valence-electron chi connectivity index (χ4n) is 2.21. The van der Waals surface area contributed by atoms with Crippen LogP contribution < -0.4 is 9.47 Å². The second kappa shape index (κ2) is 8.19. The van der Waals surface area contributed by atoms with E-state index in [0.717, 1.165) is 18.6 Å². The summed E-state index contributed by atoms with van der Waals surface area (Å²) in [5.74, 6) is 1.15. The second-order valence-corrected chi connectivity index (χ2v) is 7.26. The van der Waals surface area contributed by atoms with E-state index in [1.807, 2.05) is 50.2 Å². The van der Waals surface area contributed by atoms with Crippen LogP contribution in [0.2, 0.25) is 0 Å². The van der Waals surface area contributed by atoms with Crippen molar-refractivity contribution in [1.82, 2.24) is 0 Å². The fourth-order valence-corrected chi connectivity index (χ4v) is 2.21. The first-order chi connectivity index (χ1) is 11.8. The average Bonchev–Trinajstić information content (AvgIpc) is 2.58. The van der Waals surface area contributed by atoms with Gasteiger partial charge in [0.25, 0.3) is 0 Å². The summed E-state index contributed by atoms with van der Waals surface area (Å²) in [6.07, 6.45) is 1.79. The summed E-state index contributed by atoms with van der Waals surface area (Å²) in [7, 11) is 0. The molecule has 0 amide bonds.